The second-order valence-corrected chi connectivity index (χ2v) is 3.95. The van der Waals surface area contributed by atoms with E-state index in [9.17, 15) is 0 Å². The number of pyridine rings is 1. The molecular weight excluding hydrogens is 228 g/mol. The number of nitriles is 1. The lowest BCUT2D eigenvalue weighted by Gasteiger charge is -2.23. The Bertz CT molecular complexity index is 686. The first kappa shape index (κ1) is 10.8. The van der Waals surface area contributed by atoms with Gasteiger partial charge in [-0.05, 0) is 12.1 Å². The van der Waals surface area contributed by atoms with Crippen molar-refractivity contribution in [1.82, 2.24) is 4.98 Å². The molecule has 0 saturated carbocycles. The topological polar surface area (TPSA) is 55.1 Å². The number of hydrogen-bond donors (Lipinski definition) is 0. The SMILES string of the molecule is COC1Oc2cnc3ccccc3c2C=C1C#N. The molecule has 0 aliphatic carbocycles. The van der Waals surface area contributed by atoms with Crippen molar-refractivity contribution < 1.29 is 9.47 Å². The van der Waals surface area contributed by atoms with Gasteiger partial charge < -0.3 is 9.47 Å². The van der Waals surface area contributed by atoms with Crippen LogP contribution in [0.15, 0.2) is 36.0 Å². The first-order chi connectivity index (χ1) is 8.83. The summed E-state index contributed by atoms with van der Waals surface area (Å²) < 4.78 is 10.7. The van der Waals surface area contributed by atoms with Crippen LogP contribution in [0.5, 0.6) is 5.75 Å². The second-order valence-electron chi connectivity index (χ2n) is 3.95. The number of para-hydroxylation sites is 1. The van der Waals surface area contributed by atoms with Crippen molar-refractivity contribution in [2.45, 2.75) is 6.29 Å². The summed E-state index contributed by atoms with van der Waals surface area (Å²) in [5.41, 5.74) is 2.22. The molecule has 18 heavy (non-hydrogen) atoms. The summed E-state index contributed by atoms with van der Waals surface area (Å²) in [6, 6.07) is 9.86. The molecule has 1 aliphatic heterocycles. The monoisotopic (exact) mass is 238 g/mol. The number of nitrogens with zero attached hydrogens (tertiary/aromatic N) is 2. The summed E-state index contributed by atoms with van der Waals surface area (Å²) in [6.07, 6.45) is 2.82. The summed E-state index contributed by atoms with van der Waals surface area (Å²) in [5, 5.41) is 10.1. The van der Waals surface area contributed by atoms with Gasteiger partial charge in [0.05, 0.1) is 17.3 Å². The highest BCUT2D eigenvalue weighted by molar-refractivity contribution is 5.91. The fourth-order valence-corrected chi connectivity index (χ4v) is 2.05. The lowest BCUT2D eigenvalue weighted by atomic mass is 10.0. The van der Waals surface area contributed by atoms with Crippen LogP contribution in [0.25, 0.3) is 17.0 Å². The van der Waals surface area contributed by atoms with E-state index in [1.165, 1.54) is 7.11 Å². The van der Waals surface area contributed by atoms with Gasteiger partial charge in [-0.15, -0.1) is 0 Å². The van der Waals surface area contributed by atoms with Gasteiger partial charge in [-0.1, -0.05) is 18.2 Å². The zero-order valence-electron chi connectivity index (χ0n) is 9.75. The Balaban J connectivity index is 2.27. The van der Waals surface area contributed by atoms with Crippen LogP contribution in [-0.2, 0) is 4.74 Å². The molecule has 2 heterocycles. The third-order valence-corrected chi connectivity index (χ3v) is 2.91. The average Bonchev–Trinajstić information content (AvgIpc) is 2.45. The van der Waals surface area contributed by atoms with Crippen molar-refractivity contribution in [2.75, 3.05) is 7.11 Å². The van der Waals surface area contributed by atoms with E-state index in [-0.39, 0.29) is 0 Å². The normalized spacial score (nSPS) is 17.6. The quantitative estimate of drug-likeness (QED) is 0.766. The molecule has 3 rings (SSSR count). The van der Waals surface area contributed by atoms with Crippen molar-refractivity contribution >= 4 is 17.0 Å². The van der Waals surface area contributed by atoms with Crippen LogP contribution in [-0.4, -0.2) is 18.4 Å². The fourth-order valence-electron chi connectivity index (χ4n) is 2.05. The van der Waals surface area contributed by atoms with Crippen LogP contribution >= 0.6 is 0 Å². The number of benzene rings is 1. The molecule has 1 atom stereocenters. The largest absolute Gasteiger partial charge is 0.458 e. The molecule has 0 radical (unpaired) electrons. The minimum atomic E-state index is -0.648. The Labute approximate surface area is 104 Å². The minimum absolute atomic E-state index is 0.460. The summed E-state index contributed by atoms with van der Waals surface area (Å²) in [4.78, 5) is 4.32. The summed E-state index contributed by atoms with van der Waals surface area (Å²) in [6.45, 7) is 0. The van der Waals surface area contributed by atoms with E-state index in [1.54, 1.807) is 12.3 Å². The lowest BCUT2D eigenvalue weighted by molar-refractivity contribution is -0.0229. The fraction of sp³-hybridized carbons (Fsp3) is 0.143. The van der Waals surface area contributed by atoms with Gasteiger partial charge in [0.2, 0.25) is 6.29 Å². The Morgan fingerprint density at radius 1 is 1.39 bits per heavy atom. The van der Waals surface area contributed by atoms with Gasteiger partial charge in [0.25, 0.3) is 0 Å². The zero-order chi connectivity index (χ0) is 12.5. The van der Waals surface area contributed by atoms with E-state index in [4.69, 9.17) is 14.7 Å². The van der Waals surface area contributed by atoms with Crippen molar-refractivity contribution in [3.8, 4) is 11.8 Å². The number of fused-ring (bicyclic) bond motifs is 3. The Hall–Kier alpha value is -2.38. The molecule has 1 unspecified atom stereocenters. The molecule has 1 aromatic heterocycles. The van der Waals surface area contributed by atoms with Gasteiger partial charge in [0, 0.05) is 18.1 Å². The average molecular weight is 238 g/mol. The summed E-state index contributed by atoms with van der Waals surface area (Å²) in [5.74, 6) is 0.638. The molecule has 0 saturated heterocycles. The van der Waals surface area contributed by atoms with Crippen LogP contribution < -0.4 is 4.74 Å². The number of ether oxygens (including phenoxy) is 2. The number of methoxy groups -OCH3 is 1. The zero-order valence-corrected chi connectivity index (χ0v) is 9.75. The molecule has 4 heteroatoms. The standard InChI is InChI=1S/C14H10N2O2/c1-17-14-9(7-15)6-11-10-4-2-3-5-12(10)16-8-13(11)18-14/h2-6,8,14H,1H3. The molecule has 0 amide bonds. The summed E-state index contributed by atoms with van der Waals surface area (Å²) in [7, 11) is 1.51. The number of hydrogen-bond acceptors (Lipinski definition) is 4. The lowest BCUT2D eigenvalue weighted by Crippen LogP contribution is -2.24. The predicted molar refractivity (Wildman–Crippen MR) is 66.8 cm³/mol. The smallest absolute Gasteiger partial charge is 0.236 e. The number of aromatic nitrogens is 1. The molecule has 4 nitrogen and oxygen atoms in total. The first-order valence-electron chi connectivity index (χ1n) is 5.52. The van der Waals surface area contributed by atoms with E-state index in [0.717, 1.165) is 16.5 Å². The van der Waals surface area contributed by atoms with Gasteiger partial charge in [-0.3, -0.25) is 4.98 Å². The van der Waals surface area contributed by atoms with Gasteiger partial charge in [-0.2, -0.15) is 5.26 Å². The minimum Gasteiger partial charge on any atom is -0.458 e. The van der Waals surface area contributed by atoms with Crippen LogP contribution in [0.1, 0.15) is 5.56 Å². The van der Waals surface area contributed by atoms with Crippen molar-refractivity contribution in [3.05, 3.63) is 41.6 Å². The predicted octanol–water partition coefficient (Wildman–Crippen LogP) is 2.51. The molecule has 88 valence electrons. The second kappa shape index (κ2) is 4.13. The highest BCUT2D eigenvalue weighted by Crippen LogP contribution is 2.33. The molecule has 1 aliphatic rings. The maximum absolute atomic E-state index is 9.10. The first-order valence-corrected chi connectivity index (χ1v) is 5.52. The highest BCUT2D eigenvalue weighted by Gasteiger charge is 2.23. The molecule has 1 aromatic carbocycles. The summed E-state index contributed by atoms with van der Waals surface area (Å²) >= 11 is 0. The highest BCUT2D eigenvalue weighted by atomic mass is 16.7. The molecule has 0 fully saturated rings. The van der Waals surface area contributed by atoms with Crippen LogP contribution in [0.2, 0.25) is 0 Å². The van der Waals surface area contributed by atoms with E-state index < -0.39 is 6.29 Å². The third kappa shape index (κ3) is 1.53. The Morgan fingerprint density at radius 2 is 2.22 bits per heavy atom. The van der Waals surface area contributed by atoms with Crippen molar-refractivity contribution in [3.63, 3.8) is 0 Å². The Kier molecular flexibility index (Phi) is 2.47. The van der Waals surface area contributed by atoms with Gasteiger partial charge >= 0.3 is 0 Å². The van der Waals surface area contributed by atoms with Gasteiger partial charge in [0.1, 0.15) is 11.8 Å². The molecule has 0 bridgehead atoms. The molecule has 0 spiro atoms. The Morgan fingerprint density at radius 3 is 3.00 bits per heavy atom. The van der Waals surface area contributed by atoms with Gasteiger partial charge in [0.15, 0.2) is 0 Å². The van der Waals surface area contributed by atoms with Crippen LogP contribution in [0.3, 0.4) is 0 Å². The third-order valence-electron chi connectivity index (χ3n) is 2.91. The maximum Gasteiger partial charge on any atom is 0.236 e. The maximum atomic E-state index is 9.10. The van der Waals surface area contributed by atoms with E-state index in [1.807, 2.05) is 24.3 Å². The van der Waals surface area contributed by atoms with Crippen molar-refractivity contribution in [1.29, 1.82) is 5.26 Å². The van der Waals surface area contributed by atoms with Crippen LogP contribution in [0.4, 0.5) is 0 Å². The molecule has 2 aromatic rings. The van der Waals surface area contributed by atoms with Crippen molar-refractivity contribution in [2.24, 2.45) is 0 Å². The van der Waals surface area contributed by atoms with E-state index in [2.05, 4.69) is 11.1 Å². The molecule has 0 N–H and O–H groups in total. The van der Waals surface area contributed by atoms with E-state index >= 15 is 0 Å². The molecular formula is C14H10N2O2. The van der Waals surface area contributed by atoms with Crippen LogP contribution in [0, 0.1) is 11.3 Å². The van der Waals surface area contributed by atoms with Gasteiger partial charge in [-0.25, -0.2) is 0 Å². The van der Waals surface area contributed by atoms with E-state index in [0.29, 0.717) is 11.3 Å². The number of rotatable bonds is 1.